The van der Waals surface area contributed by atoms with Crippen LogP contribution in [0.3, 0.4) is 0 Å². The summed E-state index contributed by atoms with van der Waals surface area (Å²) in [7, 11) is 0. The topological polar surface area (TPSA) is 26.0 Å². The number of hydrogen-bond donors (Lipinski definition) is 1. The molecule has 0 aromatic heterocycles. The first-order valence-corrected chi connectivity index (χ1v) is 7.49. The van der Waals surface area contributed by atoms with Crippen molar-refractivity contribution in [3.63, 3.8) is 0 Å². The summed E-state index contributed by atoms with van der Waals surface area (Å²) in [5, 5.41) is 0. The molecule has 2 unspecified atom stereocenters. The van der Waals surface area contributed by atoms with E-state index in [0.717, 1.165) is 18.8 Å². The molecule has 0 amide bonds. The molecule has 100 valence electrons. The molecule has 1 nitrogen and oxygen atoms in total. The Morgan fingerprint density at radius 2 is 1.94 bits per heavy atom. The van der Waals surface area contributed by atoms with Gasteiger partial charge in [-0.1, -0.05) is 57.9 Å². The van der Waals surface area contributed by atoms with Gasteiger partial charge < -0.3 is 5.73 Å². The van der Waals surface area contributed by atoms with Crippen LogP contribution in [-0.2, 0) is 5.54 Å². The summed E-state index contributed by atoms with van der Waals surface area (Å²) in [5.41, 5.74) is 9.60. The molecule has 0 bridgehead atoms. The predicted molar refractivity (Wildman–Crippen MR) is 78.6 cm³/mol. The normalized spacial score (nSPS) is 27.3. The van der Waals surface area contributed by atoms with Crippen molar-refractivity contribution in [1.29, 1.82) is 0 Å². The molecule has 0 heterocycles. The summed E-state index contributed by atoms with van der Waals surface area (Å²) in [6, 6.07) is 8.82. The van der Waals surface area contributed by atoms with E-state index in [4.69, 9.17) is 5.73 Å². The van der Waals surface area contributed by atoms with E-state index in [1.54, 1.807) is 0 Å². The summed E-state index contributed by atoms with van der Waals surface area (Å²) in [6.07, 6.45) is 6.00. The maximum atomic E-state index is 6.78. The minimum atomic E-state index is -0.0835. The van der Waals surface area contributed by atoms with E-state index in [0.29, 0.717) is 5.92 Å². The van der Waals surface area contributed by atoms with Crippen LogP contribution in [0.4, 0.5) is 0 Å². The van der Waals surface area contributed by atoms with E-state index in [9.17, 15) is 0 Å². The quantitative estimate of drug-likeness (QED) is 0.826. The number of hydrogen-bond acceptors (Lipinski definition) is 1. The lowest BCUT2D eigenvalue weighted by atomic mass is 9.69. The molecule has 0 saturated carbocycles. The fraction of sp³-hybridized carbons (Fsp3) is 0.647. The Kier molecular flexibility index (Phi) is 4.11. The molecule has 1 aliphatic rings. The molecule has 1 heteroatoms. The fourth-order valence-corrected chi connectivity index (χ4v) is 3.45. The van der Waals surface area contributed by atoms with Gasteiger partial charge in [0.2, 0.25) is 0 Å². The Hall–Kier alpha value is -0.820. The van der Waals surface area contributed by atoms with Crippen LogP contribution in [0.15, 0.2) is 24.3 Å². The van der Waals surface area contributed by atoms with Gasteiger partial charge in [-0.3, -0.25) is 0 Å². The molecule has 18 heavy (non-hydrogen) atoms. The second-order valence-electron chi connectivity index (χ2n) is 6.07. The molecule has 2 atom stereocenters. The van der Waals surface area contributed by atoms with Gasteiger partial charge >= 0.3 is 0 Å². The van der Waals surface area contributed by atoms with E-state index >= 15 is 0 Å². The van der Waals surface area contributed by atoms with Crippen molar-refractivity contribution in [3.05, 3.63) is 35.4 Å². The van der Waals surface area contributed by atoms with Crippen LogP contribution >= 0.6 is 0 Å². The average molecular weight is 245 g/mol. The molecule has 0 radical (unpaired) electrons. The Morgan fingerprint density at radius 3 is 2.61 bits per heavy atom. The molecule has 1 aromatic carbocycles. The highest BCUT2D eigenvalue weighted by atomic mass is 14.8. The smallest absolute Gasteiger partial charge is 0.0415 e. The predicted octanol–water partition coefficient (Wildman–Crippen LogP) is 4.56. The van der Waals surface area contributed by atoms with Crippen LogP contribution in [-0.4, -0.2) is 0 Å². The zero-order valence-electron chi connectivity index (χ0n) is 12.1. The van der Waals surface area contributed by atoms with Gasteiger partial charge in [0.05, 0.1) is 0 Å². The second kappa shape index (κ2) is 5.44. The van der Waals surface area contributed by atoms with Crippen LogP contribution < -0.4 is 5.73 Å². The van der Waals surface area contributed by atoms with Crippen molar-refractivity contribution in [3.8, 4) is 0 Å². The van der Waals surface area contributed by atoms with E-state index in [2.05, 4.69) is 45.0 Å². The van der Waals surface area contributed by atoms with Crippen molar-refractivity contribution in [2.24, 2.45) is 11.7 Å². The number of rotatable bonds is 4. The lowest BCUT2D eigenvalue weighted by Gasteiger charge is -2.40. The lowest BCUT2D eigenvalue weighted by Crippen LogP contribution is -2.42. The molecule has 1 aromatic rings. The lowest BCUT2D eigenvalue weighted by molar-refractivity contribution is 0.264. The molecule has 1 aliphatic carbocycles. The summed E-state index contributed by atoms with van der Waals surface area (Å²) in [4.78, 5) is 0. The highest BCUT2D eigenvalue weighted by Gasteiger charge is 2.36. The van der Waals surface area contributed by atoms with Crippen LogP contribution in [0.1, 0.15) is 69.9 Å². The summed E-state index contributed by atoms with van der Waals surface area (Å²) < 4.78 is 0. The minimum absolute atomic E-state index is 0.0835. The average Bonchev–Trinajstić information content (AvgIpc) is 2.41. The standard InChI is InChI=1S/C17H27N/c1-4-14(5-2)12-17(18)11-10-13(3)15-8-6-7-9-16(15)17/h6-9,13-14H,4-5,10-12,18H2,1-3H3. The van der Waals surface area contributed by atoms with Gasteiger partial charge in [0.25, 0.3) is 0 Å². The van der Waals surface area contributed by atoms with E-state index in [1.165, 1.54) is 30.4 Å². The third-order valence-electron chi connectivity index (χ3n) is 4.86. The second-order valence-corrected chi connectivity index (χ2v) is 6.07. The van der Waals surface area contributed by atoms with Gasteiger partial charge in [0.1, 0.15) is 0 Å². The van der Waals surface area contributed by atoms with Gasteiger partial charge in [0, 0.05) is 5.54 Å². The van der Waals surface area contributed by atoms with Crippen LogP contribution in [0, 0.1) is 5.92 Å². The fourth-order valence-electron chi connectivity index (χ4n) is 3.45. The number of nitrogens with two attached hydrogens (primary N) is 1. The highest BCUT2D eigenvalue weighted by Crippen LogP contribution is 2.43. The van der Waals surface area contributed by atoms with Gasteiger partial charge in [-0.15, -0.1) is 0 Å². The summed E-state index contributed by atoms with van der Waals surface area (Å²) >= 11 is 0. The maximum Gasteiger partial charge on any atom is 0.0415 e. The largest absolute Gasteiger partial charge is 0.321 e. The summed E-state index contributed by atoms with van der Waals surface area (Å²) in [6.45, 7) is 6.90. The molecule has 0 spiro atoms. The van der Waals surface area contributed by atoms with Crippen molar-refractivity contribution < 1.29 is 0 Å². The first kappa shape index (κ1) is 13.6. The first-order valence-electron chi connectivity index (χ1n) is 7.49. The summed E-state index contributed by atoms with van der Waals surface area (Å²) in [5.74, 6) is 1.43. The van der Waals surface area contributed by atoms with Crippen LogP contribution in [0.5, 0.6) is 0 Å². The SMILES string of the molecule is CCC(CC)CC1(N)CCC(C)c2ccccc21. The molecule has 0 fully saturated rings. The molecule has 2 rings (SSSR count). The molecule has 2 N–H and O–H groups in total. The maximum absolute atomic E-state index is 6.78. The minimum Gasteiger partial charge on any atom is -0.321 e. The zero-order valence-corrected chi connectivity index (χ0v) is 12.1. The highest BCUT2D eigenvalue weighted by molar-refractivity contribution is 5.38. The van der Waals surface area contributed by atoms with Gasteiger partial charge in [0.15, 0.2) is 0 Å². The molecule has 0 aliphatic heterocycles. The van der Waals surface area contributed by atoms with E-state index in [-0.39, 0.29) is 5.54 Å². The molecular formula is C17H27N. The molecule has 0 saturated heterocycles. The molecular weight excluding hydrogens is 218 g/mol. The monoisotopic (exact) mass is 245 g/mol. The van der Waals surface area contributed by atoms with Gasteiger partial charge in [-0.25, -0.2) is 0 Å². The number of benzene rings is 1. The van der Waals surface area contributed by atoms with E-state index < -0.39 is 0 Å². The van der Waals surface area contributed by atoms with Gasteiger partial charge in [-0.05, 0) is 42.2 Å². The first-order chi connectivity index (χ1) is 8.60. The van der Waals surface area contributed by atoms with Crippen molar-refractivity contribution in [1.82, 2.24) is 0 Å². The Balaban J connectivity index is 2.31. The number of fused-ring (bicyclic) bond motifs is 1. The Labute approximate surface area is 112 Å². The van der Waals surface area contributed by atoms with Crippen molar-refractivity contribution >= 4 is 0 Å². The Bertz CT molecular complexity index is 394. The third kappa shape index (κ3) is 2.47. The van der Waals surface area contributed by atoms with Crippen LogP contribution in [0.25, 0.3) is 0 Å². The Morgan fingerprint density at radius 1 is 1.28 bits per heavy atom. The van der Waals surface area contributed by atoms with E-state index in [1.807, 2.05) is 0 Å². The third-order valence-corrected chi connectivity index (χ3v) is 4.86. The van der Waals surface area contributed by atoms with Crippen molar-refractivity contribution in [2.45, 2.75) is 64.3 Å². The van der Waals surface area contributed by atoms with Crippen LogP contribution in [0.2, 0.25) is 0 Å². The van der Waals surface area contributed by atoms with Crippen molar-refractivity contribution in [2.75, 3.05) is 0 Å². The zero-order chi connectivity index (χ0) is 13.2. The van der Waals surface area contributed by atoms with Gasteiger partial charge in [-0.2, -0.15) is 0 Å².